The first-order valence-electron chi connectivity index (χ1n) is 6.47. The Kier molecular flexibility index (Phi) is 5.12. The number of aliphatic carboxylic acids is 1. The van der Waals surface area contributed by atoms with Gasteiger partial charge in [0.1, 0.15) is 12.4 Å². The monoisotopic (exact) mass is 321 g/mol. The lowest BCUT2D eigenvalue weighted by Crippen LogP contribution is -2.35. The van der Waals surface area contributed by atoms with Crippen molar-refractivity contribution in [3.05, 3.63) is 70.5 Å². The van der Waals surface area contributed by atoms with Crippen molar-refractivity contribution in [1.29, 1.82) is 0 Å². The van der Waals surface area contributed by atoms with Crippen LogP contribution in [0, 0.1) is 5.82 Å². The van der Waals surface area contributed by atoms with E-state index in [4.69, 9.17) is 16.7 Å². The van der Waals surface area contributed by atoms with Gasteiger partial charge in [-0.1, -0.05) is 29.8 Å². The lowest BCUT2D eigenvalue weighted by Gasteiger charge is -2.21. The van der Waals surface area contributed by atoms with E-state index in [2.05, 4.69) is 0 Å². The van der Waals surface area contributed by atoms with Gasteiger partial charge < -0.3 is 10.0 Å². The van der Waals surface area contributed by atoms with Crippen molar-refractivity contribution >= 4 is 23.5 Å². The van der Waals surface area contributed by atoms with Crippen molar-refractivity contribution < 1.29 is 19.1 Å². The van der Waals surface area contributed by atoms with E-state index < -0.39 is 24.2 Å². The summed E-state index contributed by atoms with van der Waals surface area (Å²) in [6, 6.07) is 11.8. The Morgan fingerprint density at radius 1 is 1.14 bits per heavy atom. The minimum absolute atomic E-state index is 0.0674. The fourth-order valence-electron chi connectivity index (χ4n) is 1.98. The van der Waals surface area contributed by atoms with E-state index in [1.54, 1.807) is 18.2 Å². The predicted molar refractivity (Wildman–Crippen MR) is 80.2 cm³/mol. The molecular formula is C16H13ClFNO3. The first-order chi connectivity index (χ1) is 10.5. The number of halogens is 2. The Morgan fingerprint density at radius 3 is 2.41 bits per heavy atom. The van der Waals surface area contributed by atoms with E-state index in [1.807, 2.05) is 0 Å². The van der Waals surface area contributed by atoms with Gasteiger partial charge in [-0.2, -0.15) is 0 Å². The van der Waals surface area contributed by atoms with Crippen LogP contribution >= 0.6 is 11.6 Å². The maximum atomic E-state index is 12.9. The highest BCUT2D eigenvalue weighted by Gasteiger charge is 2.19. The molecule has 0 bridgehead atoms. The van der Waals surface area contributed by atoms with Crippen LogP contribution in [0.25, 0.3) is 0 Å². The number of benzene rings is 2. The van der Waals surface area contributed by atoms with Crippen molar-refractivity contribution in [2.75, 3.05) is 6.54 Å². The van der Waals surface area contributed by atoms with Crippen molar-refractivity contribution in [2.24, 2.45) is 0 Å². The van der Waals surface area contributed by atoms with Gasteiger partial charge in [-0.25, -0.2) is 4.39 Å². The van der Waals surface area contributed by atoms with E-state index in [0.717, 1.165) is 0 Å². The second-order valence-electron chi connectivity index (χ2n) is 4.69. The normalized spacial score (nSPS) is 10.3. The second kappa shape index (κ2) is 7.04. The lowest BCUT2D eigenvalue weighted by atomic mass is 10.1. The third kappa shape index (κ3) is 4.30. The molecule has 0 aliphatic heterocycles. The molecule has 0 aliphatic rings. The van der Waals surface area contributed by atoms with Crippen LogP contribution in [0.5, 0.6) is 0 Å². The highest BCUT2D eigenvalue weighted by atomic mass is 35.5. The van der Waals surface area contributed by atoms with Gasteiger partial charge in [-0.05, 0) is 35.9 Å². The number of amides is 1. The largest absolute Gasteiger partial charge is 0.480 e. The van der Waals surface area contributed by atoms with Gasteiger partial charge in [-0.3, -0.25) is 9.59 Å². The molecule has 22 heavy (non-hydrogen) atoms. The molecule has 1 amide bonds. The number of carboxylic acid groups (broad SMARTS) is 1. The molecule has 4 nitrogen and oxygen atoms in total. The zero-order valence-electron chi connectivity index (χ0n) is 11.5. The summed E-state index contributed by atoms with van der Waals surface area (Å²) in [5, 5.41) is 9.37. The second-order valence-corrected chi connectivity index (χ2v) is 5.13. The van der Waals surface area contributed by atoms with Crippen LogP contribution in [0.3, 0.4) is 0 Å². The first kappa shape index (κ1) is 16.0. The number of carbonyl (C=O) groups excluding carboxylic acids is 1. The Hall–Kier alpha value is -2.40. The van der Waals surface area contributed by atoms with Crippen molar-refractivity contribution in [1.82, 2.24) is 4.90 Å². The molecular weight excluding hydrogens is 309 g/mol. The van der Waals surface area contributed by atoms with Crippen molar-refractivity contribution in [3.8, 4) is 0 Å². The first-order valence-corrected chi connectivity index (χ1v) is 6.84. The zero-order chi connectivity index (χ0) is 16.1. The highest BCUT2D eigenvalue weighted by molar-refractivity contribution is 6.30. The van der Waals surface area contributed by atoms with Gasteiger partial charge in [0.25, 0.3) is 5.91 Å². The van der Waals surface area contributed by atoms with Crippen LogP contribution in [0.4, 0.5) is 4.39 Å². The van der Waals surface area contributed by atoms with Crippen LogP contribution in [0.15, 0.2) is 48.5 Å². The smallest absolute Gasteiger partial charge is 0.323 e. The maximum Gasteiger partial charge on any atom is 0.323 e. The van der Waals surface area contributed by atoms with Gasteiger partial charge in [0, 0.05) is 17.1 Å². The average molecular weight is 322 g/mol. The average Bonchev–Trinajstić information content (AvgIpc) is 2.47. The fraction of sp³-hybridized carbons (Fsp3) is 0.125. The van der Waals surface area contributed by atoms with E-state index in [1.165, 1.54) is 35.2 Å². The third-order valence-corrected chi connectivity index (χ3v) is 3.21. The van der Waals surface area contributed by atoms with E-state index in [0.29, 0.717) is 16.1 Å². The Balaban J connectivity index is 2.23. The summed E-state index contributed by atoms with van der Waals surface area (Å²) < 4.78 is 12.9. The molecule has 0 aromatic heterocycles. The zero-order valence-corrected chi connectivity index (χ0v) is 12.3. The Labute approximate surface area is 131 Å². The summed E-state index contributed by atoms with van der Waals surface area (Å²) in [4.78, 5) is 24.6. The SMILES string of the molecule is O=C(O)CN(Cc1ccc(F)cc1)C(=O)c1cccc(Cl)c1. The van der Waals surface area contributed by atoms with Gasteiger partial charge in [0.2, 0.25) is 0 Å². The quantitative estimate of drug-likeness (QED) is 0.920. The number of hydrogen-bond acceptors (Lipinski definition) is 2. The summed E-state index contributed by atoms with van der Waals surface area (Å²) in [6.45, 7) is -0.388. The summed E-state index contributed by atoms with van der Waals surface area (Å²) in [6.07, 6.45) is 0. The number of nitrogens with zero attached hydrogens (tertiary/aromatic N) is 1. The molecule has 0 heterocycles. The van der Waals surface area contributed by atoms with Crippen molar-refractivity contribution in [3.63, 3.8) is 0 Å². The number of carbonyl (C=O) groups is 2. The summed E-state index contributed by atoms with van der Waals surface area (Å²) >= 11 is 5.85. The summed E-state index contributed by atoms with van der Waals surface area (Å²) in [7, 11) is 0. The van der Waals surface area contributed by atoms with Crippen LogP contribution in [-0.4, -0.2) is 28.4 Å². The number of hydrogen-bond donors (Lipinski definition) is 1. The molecule has 6 heteroatoms. The number of carboxylic acids is 1. The molecule has 0 aliphatic carbocycles. The summed E-state index contributed by atoms with van der Waals surface area (Å²) in [5.74, 6) is -1.97. The van der Waals surface area contributed by atoms with Gasteiger partial charge in [0.05, 0.1) is 0 Å². The third-order valence-electron chi connectivity index (χ3n) is 2.97. The molecule has 0 fully saturated rings. The van der Waals surface area contributed by atoms with Gasteiger partial charge in [-0.15, -0.1) is 0 Å². The van der Waals surface area contributed by atoms with Gasteiger partial charge in [0.15, 0.2) is 0 Å². The summed E-state index contributed by atoms with van der Waals surface area (Å²) in [5.41, 5.74) is 0.939. The molecule has 0 atom stereocenters. The van der Waals surface area contributed by atoms with Crippen LogP contribution < -0.4 is 0 Å². The molecule has 114 valence electrons. The molecule has 0 saturated carbocycles. The van der Waals surface area contributed by atoms with E-state index in [-0.39, 0.29) is 6.54 Å². The van der Waals surface area contributed by atoms with Crippen LogP contribution in [0.2, 0.25) is 5.02 Å². The molecule has 0 saturated heterocycles. The minimum Gasteiger partial charge on any atom is -0.480 e. The number of rotatable bonds is 5. The Bertz CT molecular complexity index is 688. The minimum atomic E-state index is -1.13. The van der Waals surface area contributed by atoms with Crippen LogP contribution in [-0.2, 0) is 11.3 Å². The topological polar surface area (TPSA) is 57.6 Å². The molecule has 2 aromatic carbocycles. The van der Waals surface area contributed by atoms with E-state index >= 15 is 0 Å². The van der Waals surface area contributed by atoms with Gasteiger partial charge >= 0.3 is 5.97 Å². The van der Waals surface area contributed by atoms with Crippen LogP contribution in [0.1, 0.15) is 15.9 Å². The highest BCUT2D eigenvalue weighted by Crippen LogP contribution is 2.15. The molecule has 0 spiro atoms. The molecule has 0 unspecified atom stereocenters. The Morgan fingerprint density at radius 2 is 1.82 bits per heavy atom. The van der Waals surface area contributed by atoms with Crippen molar-refractivity contribution in [2.45, 2.75) is 6.54 Å². The molecule has 2 aromatic rings. The van der Waals surface area contributed by atoms with E-state index in [9.17, 15) is 14.0 Å². The lowest BCUT2D eigenvalue weighted by molar-refractivity contribution is -0.137. The standard InChI is InChI=1S/C16H13ClFNO3/c17-13-3-1-2-12(8-13)16(22)19(10-15(20)21)9-11-4-6-14(18)7-5-11/h1-8H,9-10H2,(H,20,21). The predicted octanol–water partition coefficient (Wildman–Crippen LogP) is 3.21. The maximum absolute atomic E-state index is 12.9. The molecule has 0 radical (unpaired) electrons. The molecule has 2 rings (SSSR count). The fourth-order valence-corrected chi connectivity index (χ4v) is 2.17. The molecule has 1 N–H and O–H groups in total.